The van der Waals surface area contributed by atoms with Gasteiger partial charge in [-0.2, -0.15) is 5.26 Å². The molecule has 7 heteroatoms. The number of benzene rings is 3. The molecule has 0 aliphatic rings. The number of nitrogens with zero attached hydrogens (tertiary/aromatic N) is 2. The molecule has 4 rings (SSSR count). The normalized spacial score (nSPS) is 12.4. The van der Waals surface area contributed by atoms with Crippen LogP contribution in [0.1, 0.15) is 22.6 Å². The molecular formula is C25H24N4O2S. The number of aromatic nitrogens is 1. The number of sulfonamides is 1. The van der Waals surface area contributed by atoms with Gasteiger partial charge >= 0.3 is 0 Å². The van der Waals surface area contributed by atoms with Gasteiger partial charge in [0, 0.05) is 49.3 Å². The maximum atomic E-state index is 12.9. The van der Waals surface area contributed by atoms with Crippen LogP contribution in [0.15, 0.2) is 83.9 Å². The van der Waals surface area contributed by atoms with E-state index in [-0.39, 0.29) is 17.4 Å². The van der Waals surface area contributed by atoms with Crippen molar-refractivity contribution in [2.45, 2.75) is 10.8 Å². The van der Waals surface area contributed by atoms with Crippen molar-refractivity contribution in [2.75, 3.05) is 25.5 Å². The number of H-pyrrole nitrogens is 1. The van der Waals surface area contributed by atoms with Crippen molar-refractivity contribution in [3.63, 3.8) is 0 Å². The van der Waals surface area contributed by atoms with E-state index in [0.717, 1.165) is 27.7 Å². The first-order valence-corrected chi connectivity index (χ1v) is 11.7. The lowest BCUT2D eigenvalue weighted by atomic mass is 9.91. The molecule has 3 aromatic carbocycles. The predicted molar refractivity (Wildman–Crippen MR) is 127 cm³/mol. The first-order chi connectivity index (χ1) is 15.4. The molecule has 1 aromatic heterocycles. The Labute approximate surface area is 188 Å². The van der Waals surface area contributed by atoms with Crippen LogP contribution in [0.3, 0.4) is 0 Å². The van der Waals surface area contributed by atoms with Gasteiger partial charge in [0.15, 0.2) is 0 Å². The third-order valence-corrected chi connectivity index (χ3v) is 7.02. The summed E-state index contributed by atoms with van der Waals surface area (Å²) in [6.45, 7) is 0.200. The van der Waals surface area contributed by atoms with Crippen LogP contribution in [0, 0.1) is 11.3 Å². The Morgan fingerprint density at radius 1 is 1.00 bits per heavy atom. The van der Waals surface area contributed by atoms with E-state index in [4.69, 9.17) is 5.26 Å². The van der Waals surface area contributed by atoms with Gasteiger partial charge in [-0.25, -0.2) is 13.1 Å². The highest BCUT2D eigenvalue weighted by atomic mass is 32.2. The molecule has 0 radical (unpaired) electrons. The van der Waals surface area contributed by atoms with Gasteiger partial charge in [0.2, 0.25) is 10.0 Å². The Hall–Kier alpha value is -3.60. The summed E-state index contributed by atoms with van der Waals surface area (Å²) in [6.07, 6.45) is 1.95. The van der Waals surface area contributed by atoms with Gasteiger partial charge in [0.25, 0.3) is 0 Å². The van der Waals surface area contributed by atoms with E-state index in [1.165, 1.54) is 24.3 Å². The largest absolute Gasteiger partial charge is 0.378 e. The van der Waals surface area contributed by atoms with Crippen LogP contribution >= 0.6 is 0 Å². The smallest absolute Gasteiger partial charge is 0.240 e. The molecule has 1 heterocycles. The molecule has 1 atom stereocenters. The van der Waals surface area contributed by atoms with Crippen molar-refractivity contribution in [3.8, 4) is 6.07 Å². The maximum absolute atomic E-state index is 12.9. The summed E-state index contributed by atoms with van der Waals surface area (Å²) in [5.74, 6) is -0.185. The van der Waals surface area contributed by atoms with Gasteiger partial charge in [0.05, 0.1) is 16.5 Å². The Balaban J connectivity index is 1.68. The van der Waals surface area contributed by atoms with Gasteiger partial charge in [-0.3, -0.25) is 0 Å². The lowest BCUT2D eigenvalue weighted by Crippen LogP contribution is -2.29. The van der Waals surface area contributed by atoms with Gasteiger partial charge in [-0.15, -0.1) is 0 Å². The molecule has 0 aliphatic carbocycles. The first kappa shape index (κ1) is 21.6. The number of nitriles is 1. The van der Waals surface area contributed by atoms with E-state index in [2.05, 4.69) is 9.71 Å². The highest BCUT2D eigenvalue weighted by molar-refractivity contribution is 7.89. The zero-order valence-electron chi connectivity index (χ0n) is 17.9. The molecule has 0 saturated carbocycles. The molecule has 0 fully saturated rings. The summed E-state index contributed by atoms with van der Waals surface area (Å²) >= 11 is 0. The standard InChI is InChI=1S/C25H24N4O2S/c1-29(2)20-11-9-19(10-12-20)23(24-16-27-25-6-4-3-5-22(24)25)17-28-32(30,31)21-13-7-18(15-26)8-14-21/h3-14,16,23,27-28H,17H2,1-2H3. The Morgan fingerprint density at radius 3 is 2.34 bits per heavy atom. The number of nitrogens with one attached hydrogen (secondary N) is 2. The average molecular weight is 445 g/mol. The molecule has 0 saturated heterocycles. The fourth-order valence-electron chi connectivity index (χ4n) is 3.78. The van der Waals surface area contributed by atoms with E-state index in [0.29, 0.717) is 5.56 Å². The molecule has 0 bridgehead atoms. The van der Waals surface area contributed by atoms with Crippen molar-refractivity contribution in [2.24, 2.45) is 0 Å². The second-order valence-corrected chi connectivity index (χ2v) is 9.58. The highest BCUT2D eigenvalue weighted by Gasteiger charge is 2.22. The number of hydrogen-bond donors (Lipinski definition) is 2. The molecule has 0 amide bonds. The van der Waals surface area contributed by atoms with E-state index < -0.39 is 10.0 Å². The lowest BCUT2D eigenvalue weighted by molar-refractivity contribution is 0.577. The predicted octanol–water partition coefficient (Wildman–Crippen LogP) is 4.22. The second kappa shape index (κ2) is 8.87. The number of fused-ring (bicyclic) bond motifs is 1. The van der Waals surface area contributed by atoms with Crippen molar-refractivity contribution in [1.29, 1.82) is 5.26 Å². The van der Waals surface area contributed by atoms with Crippen LogP contribution in [0.25, 0.3) is 10.9 Å². The molecule has 2 N–H and O–H groups in total. The summed E-state index contributed by atoms with van der Waals surface area (Å²) in [5, 5.41) is 10.0. The first-order valence-electron chi connectivity index (χ1n) is 10.2. The Bertz CT molecular complexity index is 1370. The summed E-state index contributed by atoms with van der Waals surface area (Å²) in [5.41, 5.74) is 4.54. The van der Waals surface area contributed by atoms with Crippen LogP contribution in [-0.4, -0.2) is 34.0 Å². The number of aromatic amines is 1. The van der Waals surface area contributed by atoms with Crippen LogP contribution in [0.2, 0.25) is 0 Å². The van der Waals surface area contributed by atoms with Crippen LogP contribution in [0.5, 0.6) is 0 Å². The Morgan fingerprint density at radius 2 is 1.69 bits per heavy atom. The third-order valence-electron chi connectivity index (χ3n) is 5.58. The molecule has 1 unspecified atom stereocenters. The molecule has 0 aliphatic heterocycles. The van der Waals surface area contributed by atoms with Crippen molar-refractivity contribution in [3.05, 3.63) is 95.7 Å². The molecule has 32 heavy (non-hydrogen) atoms. The lowest BCUT2D eigenvalue weighted by Gasteiger charge is -2.20. The van der Waals surface area contributed by atoms with Crippen molar-refractivity contribution in [1.82, 2.24) is 9.71 Å². The fraction of sp³-hybridized carbons (Fsp3) is 0.160. The maximum Gasteiger partial charge on any atom is 0.240 e. The number of para-hydroxylation sites is 1. The van der Waals surface area contributed by atoms with Crippen LogP contribution in [0.4, 0.5) is 5.69 Å². The minimum atomic E-state index is -3.73. The average Bonchev–Trinajstić information content (AvgIpc) is 3.23. The summed E-state index contributed by atoms with van der Waals surface area (Å²) < 4.78 is 28.6. The number of anilines is 1. The van der Waals surface area contributed by atoms with Gasteiger partial charge in [0.1, 0.15) is 0 Å². The SMILES string of the molecule is CN(C)c1ccc(C(CNS(=O)(=O)c2ccc(C#N)cc2)c2c[nH]c3ccccc23)cc1. The third kappa shape index (κ3) is 4.37. The molecular weight excluding hydrogens is 420 g/mol. The summed E-state index contributed by atoms with van der Waals surface area (Å²) in [4.78, 5) is 5.46. The molecule has 0 spiro atoms. The number of hydrogen-bond acceptors (Lipinski definition) is 4. The van der Waals surface area contributed by atoms with Gasteiger partial charge in [-0.1, -0.05) is 30.3 Å². The van der Waals surface area contributed by atoms with Crippen molar-refractivity contribution < 1.29 is 8.42 Å². The zero-order valence-corrected chi connectivity index (χ0v) is 18.7. The van der Waals surface area contributed by atoms with Crippen LogP contribution in [-0.2, 0) is 10.0 Å². The van der Waals surface area contributed by atoms with E-state index in [1.54, 1.807) is 0 Å². The highest BCUT2D eigenvalue weighted by Crippen LogP contribution is 2.31. The summed E-state index contributed by atoms with van der Waals surface area (Å²) in [7, 11) is 0.236. The van der Waals surface area contributed by atoms with Crippen LogP contribution < -0.4 is 9.62 Å². The molecule has 4 aromatic rings. The van der Waals surface area contributed by atoms with E-state index in [9.17, 15) is 8.42 Å². The topological polar surface area (TPSA) is 89.0 Å². The zero-order chi connectivity index (χ0) is 22.7. The minimum Gasteiger partial charge on any atom is -0.378 e. The monoisotopic (exact) mass is 444 g/mol. The summed E-state index contributed by atoms with van der Waals surface area (Å²) in [6, 6.07) is 24.1. The minimum absolute atomic E-state index is 0.136. The van der Waals surface area contributed by atoms with Crippen molar-refractivity contribution >= 4 is 26.6 Å². The molecule has 162 valence electrons. The van der Waals surface area contributed by atoms with E-state index in [1.807, 2.05) is 79.8 Å². The number of rotatable bonds is 7. The second-order valence-electron chi connectivity index (χ2n) is 7.82. The fourth-order valence-corrected chi connectivity index (χ4v) is 4.83. The quantitative estimate of drug-likeness (QED) is 0.447. The molecule has 6 nitrogen and oxygen atoms in total. The van der Waals surface area contributed by atoms with Gasteiger partial charge in [-0.05, 0) is 53.6 Å². The van der Waals surface area contributed by atoms with Gasteiger partial charge < -0.3 is 9.88 Å². The Kier molecular flexibility index (Phi) is 5.99. The van der Waals surface area contributed by atoms with E-state index >= 15 is 0 Å².